The number of halogens is 2. The van der Waals surface area contributed by atoms with Crippen molar-refractivity contribution < 1.29 is 28.4 Å². The van der Waals surface area contributed by atoms with E-state index >= 15 is 0 Å². The van der Waals surface area contributed by atoms with E-state index in [9.17, 15) is 28.4 Å². The Morgan fingerprint density at radius 3 is 2.42 bits per heavy atom. The van der Waals surface area contributed by atoms with E-state index in [1.807, 2.05) is 20.8 Å². The van der Waals surface area contributed by atoms with Crippen molar-refractivity contribution in [2.24, 2.45) is 11.3 Å². The zero-order chi connectivity index (χ0) is 28.0. The lowest BCUT2D eigenvalue weighted by atomic mass is 9.87. The molecule has 1 aliphatic carbocycles. The van der Waals surface area contributed by atoms with E-state index < -0.39 is 47.3 Å². The molecule has 4 N–H and O–H groups in total. The van der Waals surface area contributed by atoms with Gasteiger partial charge in [0.05, 0.1) is 11.1 Å². The van der Waals surface area contributed by atoms with Crippen molar-refractivity contribution in [3.05, 3.63) is 40.7 Å². The molecule has 2 aliphatic rings. The van der Waals surface area contributed by atoms with Gasteiger partial charge in [-0.2, -0.15) is 0 Å². The molecule has 0 radical (unpaired) electrons. The molecule has 1 aromatic rings. The summed E-state index contributed by atoms with van der Waals surface area (Å²) in [5.41, 5.74) is 0.0372. The molecule has 2 fully saturated rings. The van der Waals surface area contributed by atoms with E-state index in [4.69, 9.17) is 11.6 Å². The quantitative estimate of drug-likeness (QED) is 0.249. The smallest absolute Gasteiger partial charge is 0.289 e. The molecule has 0 spiro atoms. The summed E-state index contributed by atoms with van der Waals surface area (Å²) in [6.45, 7) is 6.13. The first-order chi connectivity index (χ1) is 17.8. The number of carbonyl (C=O) groups excluding carboxylic acids is 5. The predicted molar refractivity (Wildman–Crippen MR) is 140 cm³/mol. The van der Waals surface area contributed by atoms with Crippen molar-refractivity contribution in [3.8, 4) is 0 Å². The molecule has 206 valence electrons. The van der Waals surface area contributed by atoms with Crippen LogP contribution in [0.4, 0.5) is 4.39 Å². The molecule has 1 saturated heterocycles. The van der Waals surface area contributed by atoms with Crippen LogP contribution in [0.3, 0.4) is 0 Å². The van der Waals surface area contributed by atoms with Crippen LogP contribution < -0.4 is 21.3 Å². The highest BCUT2D eigenvalue weighted by molar-refractivity contribution is 6.38. The molecule has 1 heterocycles. The number of benzene rings is 1. The maximum absolute atomic E-state index is 13.4. The minimum Gasteiger partial charge on any atom is -0.356 e. The number of hydrogen-bond acceptors (Lipinski definition) is 5. The summed E-state index contributed by atoms with van der Waals surface area (Å²) >= 11 is 6.00. The Morgan fingerprint density at radius 1 is 1.13 bits per heavy atom. The number of hydrogen-bond donors (Lipinski definition) is 4. The third-order valence-electron chi connectivity index (χ3n) is 6.28. The van der Waals surface area contributed by atoms with E-state index in [2.05, 4.69) is 21.3 Å². The Morgan fingerprint density at radius 2 is 1.84 bits per heavy atom. The van der Waals surface area contributed by atoms with Crippen molar-refractivity contribution in [2.75, 3.05) is 6.54 Å². The van der Waals surface area contributed by atoms with Gasteiger partial charge in [-0.1, -0.05) is 38.4 Å². The summed E-state index contributed by atoms with van der Waals surface area (Å²) in [6.07, 6.45) is 4.85. The minimum absolute atomic E-state index is 0.0202. The highest BCUT2D eigenvalue weighted by atomic mass is 35.5. The summed E-state index contributed by atoms with van der Waals surface area (Å²) in [6, 6.07) is 1.45. The third kappa shape index (κ3) is 8.93. The van der Waals surface area contributed by atoms with Crippen LogP contribution in [0.1, 0.15) is 58.4 Å². The van der Waals surface area contributed by atoms with Crippen molar-refractivity contribution in [1.82, 2.24) is 21.3 Å². The van der Waals surface area contributed by atoms with E-state index in [1.165, 1.54) is 24.3 Å². The van der Waals surface area contributed by atoms with Gasteiger partial charge < -0.3 is 21.3 Å². The molecule has 0 bridgehead atoms. The number of Topliss-reactive ketones (excluding diaryl/α,β-unsaturated/α-hetero) is 1. The van der Waals surface area contributed by atoms with E-state index in [1.54, 1.807) is 0 Å². The van der Waals surface area contributed by atoms with Crippen molar-refractivity contribution in [2.45, 2.75) is 71.0 Å². The van der Waals surface area contributed by atoms with Crippen molar-refractivity contribution in [3.63, 3.8) is 0 Å². The van der Waals surface area contributed by atoms with Crippen LogP contribution in [0.25, 0.3) is 6.08 Å². The fourth-order valence-electron chi connectivity index (χ4n) is 4.14. The minimum atomic E-state index is -1.22. The van der Waals surface area contributed by atoms with Crippen molar-refractivity contribution in [1.29, 1.82) is 0 Å². The van der Waals surface area contributed by atoms with Crippen molar-refractivity contribution >= 4 is 47.1 Å². The highest BCUT2D eigenvalue weighted by Crippen LogP contribution is 2.23. The molecule has 38 heavy (non-hydrogen) atoms. The van der Waals surface area contributed by atoms with Gasteiger partial charge >= 0.3 is 0 Å². The first-order valence-corrected chi connectivity index (χ1v) is 13.1. The molecule has 3 atom stereocenters. The first kappa shape index (κ1) is 29.3. The summed E-state index contributed by atoms with van der Waals surface area (Å²) < 4.78 is 13.3. The standard InChI is InChI=1S/C27H34ClFN4O5/c1-27(2,3)14-21(32-22(34)9-5-15-4-6-17(29)13-19(15)28)25(37)33-20(12-16-10-11-30-24(16)36)23(35)26(38)31-18-7-8-18/h4-6,9,13,16,18,20-21H,7-8,10-12,14H2,1-3H3,(H,30,36)(H,31,38)(H,32,34)(H,33,37)/b9-5+/t16-,20?,21?/m0/s1. The number of carbonyl (C=O) groups is 5. The Bertz CT molecular complexity index is 1130. The van der Waals surface area contributed by atoms with Gasteiger partial charge in [0.1, 0.15) is 11.9 Å². The van der Waals surface area contributed by atoms with E-state index in [0.29, 0.717) is 18.5 Å². The van der Waals surface area contributed by atoms with Crippen LogP contribution in [0, 0.1) is 17.2 Å². The lowest BCUT2D eigenvalue weighted by Gasteiger charge is -2.28. The lowest BCUT2D eigenvalue weighted by molar-refractivity contribution is -0.141. The highest BCUT2D eigenvalue weighted by Gasteiger charge is 2.37. The molecule has 3 rings (SSSR count). The maximum atomic E-state index is 13.4. The zero-order valence-electron chi connectivity index (χ0n) is 21.7. The average molecular weight is 549 g/mol. The SMILES string of the molecule is CC(C)(C)CC(NC(=O)/C=C/c1ccc(F)cc1Cl)C(=O)NC(C[C@@H]1CCNC1=O)C(=O)C(=O)NC1CC1. The molecule has 0 aromatic heterocycles. The monoisotopic (exact) mass is 548 g/mol. The molecule has 11 heteroatoms. The van der Waals surface area contributed by atoms with E-state index in [-0.39, 0.29) is 35.2 Å². The molecule has 1 aromatic carbocycles. The number of ketones is 1. The molecule has 2 unspecified atom stereocenters. The fraction of sp³-hybridized carbons (Fsp3) is 0.519. The third-order valence-corrected chi connectivity index (χ3v) is 6.61. The van der Waals surface area contributed by atoms with Gasteiger partial charge in [0.2, 0.25) is 23.5 Å². The Labute approximate surface area is 226 Å². The van der Waals surface area contributed by atoms with E-state index in [0.717, 1.165) is 18.9 Å². The number of nitrogens with one attached hydrogen (secondary N) is 4. The first-order valence-electron chi connectivity index (χ1n) is 12.7. The Hall–Kier alpha value is -3.27. The molecule has 9 nitrogen and oxygen atoms in total. The van der Waals surface area contributed by atoms with Gasteiger partial charge in [0, 0.05) is 24.6 Å². The Kier molecular flexibility index (Phi) is 9.65. The topological polar surface area (TPSA) is 133 Å². The summed E-state index contributed by atoms with van der Waals surface area (Å²) in [7, 11) is 0. The summed E-state index contributed by atoms with van der Waals surface area (Å²) in [5, 5.41) is 10.7. The van der Waals surface area contributed by atoms with Crippen LogP contribution >= 0.6 is 11.6 Å². The molecule has 4 amide bonds. The normalized spacial score (nSPS) is 19.0. The second-order valence-corrected chi connectivity index (χ2v) is 11.4. The Balaban J connectivity index is 1.74. The largest absolute Gasteiger partial charge is 0.356 e. The molecular formula is C27H34ClFN4O5. The van der Waals surface area contributed by atoms with Gasteiger partial charge in [0.15, 0.2) is 0 Å². The van der Waals surface area contributed by atoms with Gasteiger partial charge in [0.25, 0.3) is 5.91 Å². The predicted octanol–water partition coefficient (Wildman–Crippen LogP) is 2.27. The number of rotatable bonds is 11. The lowest BCUT2D eigenvalue weighted by Crippen LogP contribution is -2.55. The summed E-state index contributed by atoms with van der Waals surface area (Å²) in [4.78, 5) is 63.7. The van der Waals surface area contributed by atoms with Gasteiger partial charge in [-0.05, 0) is 61.3 Å². The fourth-order valence-corrected chi connectivity index (χ4v) is 4.37. The second-order valence-electron chi connectivity index (χ2n) is 11.0. The maximum Gasteiger partial charge on any atom is 0.289 e. The second kappa shape index (κ2) is 12.5. The molecule has 1 saturated carbocycles. The van der Waals surface area contributed by atoms with Crippen LogP contribution in [-0.2, 0) is 24.0 Å². The number of amides is 4. The molecular weight excluding hydrogens is 515 g/mol. The van der Waals surface area contributed by atoms with Gasteiger partial charge in [-0.3, -0.25) is 24.0 Å². The summed E-state index contributed by atoms with van der Waals surface area (Å²) in [5.74, 6) is -4.12. The molecule has 1 aliphatic heterocycles. The zero-order valence-corrected chi connectivity index (χ0v) is 22.5. The average Bonchev–Trinajstić information content (AvgIpc) is 3.55. The van der Waals surface area contributed by atoms with Crippen LogP contribution in [0.2, 0.25) is 5.02 Å². The van der Waals surface area contributed by atoms with Crippen LogP contribution in [0.5, 0.6) is 0 Å². The van der Waals surface area contributed by atoms with Gasteiger partial charge in [-0.15, -0.1) is 0 Å². The van der Waals surface area contributed by atoms with Crippen LogP contribution in [0.15, 0.2) is 24.3 Å². The van der Waals surface area contributed by atoms with Gasteiger partial charge in [-0.25, -0.2) is 4.39 Å². The van der Waals surface area contributed by atoms with Crippen LogP contribution in [-0.4, -0.2) is 54.1 Å².